The van der Waals surface area contributed by atoms with Crippen molar-refractivity contribution >= 4 is 11.6 Å². The second kappa shape index (κ2) is 6.75. The Morgan fingerprint density at radius 3 is 2.79 bits per heavy atom. The van der Waals surface area contributed by atoms with E-state index in [0.29, 0.717) is 12.5 Å². The van der Waals surface area contributed by atoms with Crippen LogP contribution in [0.2, 0.25) is 0 Å². The average molecular weight is 329 g/mol. The lowest BCUT2D eigenvalue weighted by molar-refractivity contribution is -0.134. The Balaban J connectivity index is 1.62. The Bertz CT molecular complexity index is 598. The fourth-order valence-electron chi connectivity index (χ4n) is 4.06. The van der Waals surface area contributed by atoms with E-state index < -0.39 is 0 Å². The molecule has 2 atom stereocenters. The summed E-state index contributed by atoms with van der Waals surface area (Å²) in [4.78, 5) is 17.1. The lowest BCUT2D eigenvalue weighted by Crippen LogP contribution is -2.54. The molecule has 1 amide bonds. The zero-order valence-corrected chi connectivity index (χ0v) is 15.3. The van der Waals surface area contributed by atoms with Gasteiger partial charge >= 0.3 is 0 Å². The van der Waals surface area contributed by atoms with Crippen LogP contribution in [0.25, 0.3) is 0 Å². The van der Waals surface area contributed by atoms with Crippen LogP contribution in [-0.2, 0) is 11.2 Å². The van der Waals surface area contributed by atoms with E-state index in [4.69, 9.17) is 5.73 Å². The Labute approximate surface area is 146 Å². The minimum atomic E-state index is 0.0128. The minimum Gasteiger partial charge on any atom is -0.368 e. The van der Waals surface area contributed by atoms with Crippen LogP contribution in [0.4, 0.5) is 5.69 Å². The molecule has 2 unspecified atom stereocenters. The molecule has 2 N–H and O–H groups in total. The van der Waals surface area contributed by atoms with E-state index in [0.717, 1.165) is 38.9 Å². The number of carbonyl (C=O) groups excluding carboxylic acids is 1. The summed E-state index contributed by atoms with van der Waals surface area (Å²) < 4.78 is 0. The van der Waals surface area contributed by atoms with Crippen molar-refractivity contribution in [1.82, 2.24) is 4.90 Å². The van der Waals surface area contributed by atoms with E-state index in [1.54, 1.807) is 0 Å². The van der Waals surface area contributed by atoms with Crippen LogP contribution in [0, 0.1) is 5.41 Å². The maximum atomic E-state index is 12.7. The van der Waals surface area contributed by atoms with Crippen molar-refractivity contribution in [2.24, 2.45) is 11.1 Å². The van der Waals surface area contributed by atoms with Gasteiger partial charge in [0.05, 0.1) is 0 Å². The highest BCUT2D eigenvalue weighted by molar-refractivity contribution is 5.77. The molecule has 2 aliphatic rings. The normalized spacial score (nSPS) is 26.2. The topological polar surface area (TPSA) is 49.6 Å². The number of hydrogen-bond donors (Lipinski definition) is 1. The van der Waals surface area contributed by atoms with Crippen molar-refractivity contribution in [3.05, 3.63) is 29.8 Å². The predicted molar refractivity (Wildman–Crippen MR) is 99.1 cm³/mol. The molecule has 0 bridgehead atoms. The van der Waals surface area contributed by atoms with Crippen molar-refractivity contribution in [2.45, 2.75) is 58.5 Å². The number of likely N-dealkylation sites (tertiary alicyclic amines) is 1. The van der Waals surface area contributed by atoms with E-state index in [-0.39, 0.29) is 17.4 Å². The van der Waals surface area contributed by atoms with Gasteiger partial charge in [-0.1, -0.05) is 32.0 Å². The molecule has 0 saturated carbocycles. The molecule has 4 heteroatoms. The molecule has 0 aliphatic carbocycles. The van der Waals surface area contributed by atoms with Crippen molar-refractivity contribution in [3.8, 4) is 0 Å². The summed E-state index contributed by atoms with van der Waals surface area (Å²) in [6.07, 6.45) is 3.79. The molecule has 132 valence electrons. The van der Waals surface area contributed by atoms with Gasteiger partial charge in [-0.25, -0.2) is 0 Å². The van der Waals surface area contributed by atoms with Crippen LogP contribution in [-0.4, -0.2) is 42.5 Å². The number of hydrogen-bond acceptors (Lipinski definition) is 3. The van der Waals surface area contributed by atoms with Gasteiger partial charge in [-0.15, -0.1) is 0 Å². The van der Waals surface area contributed by atoms with E-state index in [1.807, 2.05) is 4.90 Å². The molecule has 1 fully saturated rings. The Hall–Kier alpha value is -1.55. The molecule has 3 rings (SSSR count). The molecule has 0 aromatic heterocycles. The van der Waals surface area contributed by atoms with Crippen LogP contribution in [0.5, 0.6) is 0 Å². The number of piperidine rings is 1. The van der Waals surface area contributed by atoms with E-state index in [9.17, 15) is 4.79 Å². The van der Waals surface area contributed by atoms with Crippen LogP contribution in [0.15, 0.2) is 24.3 Å². The number of nitrogens with zero attached hydrogens (tertiary/aromatic N) is 2. The third-order valence-electron chi connectivity index (χ3n) is 5.90. The Morgan fingerprint density at radius 2 is 2.04 bits per heavy atom. The standard InChI is InChI=1S/C20H31N3O/c1-15-8-9-16-6-4-5-7-17(16)23(15)13-11-19(24)22-12-10-18(21)20(2,3)14-22/h4-7,15,18H,8-14,21H2,1-3H3. The molecule has 0 spiro atoms. The number of benzene rings is 1. The second-order valence-corrected chi connectivity index (χ2v) is 8.16. The Kier molecular flexibility index (Phi) is 4.86. The zero-order valence-electron chi connectivity index (χ0n) is 15.3. The fraction of sp³-hybridized carbons (Fsp3) is 0.650. The number of aryl methyl sites for hydroxylation is 1. The number of fused-ring (bicyclic) bond motifs is 1. The summed E-state index contributed by atoms with van der Waals surface area (Å²) in [6.45, 7) is 8.98. The van der Waals surface area contributed by atoms with E-state index >= 15 is 0 Å². The van der Waals surface area contributed by atoms with Crippen molar-refractivity contribution in [2.75, 3.05) is 24.5 Å². The molecule has 2 heterocycles. The number of para-hydroxylation sites is 1. The number of nitrogens with two attached hydrogens (primary N) is 1. The largest absolute Gasteiger partial charge is 0.368 e. The first-order valence-electron chi connectivity index (χ1n) is 9.26. The van der Waals surface area contributed by atoms with E-state index in [2.05, 4.69) is 49.9 Å². The van der Waals surface area contributed by atoms with Crippen LogP contribution in [0.1, 0.15) is 45.6 Å². The average Bonchev–Trinajstić information content (AvgIpc) is 2.56. The molecular formula is C20H31N3O. The van der Waals surface area contributed by atoms with Crippen molar-refractivity contribution in [3.63, 3.8) is 0 Å². The maximum absolute atomic E-state index is 12.7. The monoisotopic (exact) mass is 329 g/mol. The quantitative estimate of drug-likeness (QED) is 0.928. The van der Waals surface area contributed by atoms with Gasteiger partial charge in [0.1, 0.15) is 0 Å². The summed E-state index contributed by atoms with van der Waals surface area (Å²) in [6, 6.07) is 9.30. The highest BCUT2D eigenvalue weighted by Gasteiger charge is 2.35. The summed E-state index contributed by atoms with van der Waals surface area (Å²) in [7, 11) is 0. The lowest BCUT2D eigenvalue weighted by atomic mass is 9.79. The summed E-state index contributed by atoms with van der Waals surface area (Å²) in [5.74, 6) is 0.269. The van der Waals surface area contributed by atoms with Crippen LogP contribution in [0.3, 0.4) is 0 Å². The summed E-state index contributed by atoms with van der Waals surface area (Å²) in [5, 5.41) is 0. The molecule has 1 saturated heterocycles. The fourth-order valence-corrected chi connectivity index (χ4v) is 4.06. The zero-order chi connectivity index (χ0) is 17.3. The van der Waals surface area contributed by atoms with Gasteiger partial charge in [-0.05, 0) is 43.2 Å². The third kappa shape index (κ3) is 3.44. The smallest absolute Gasteiger partial charge is 0.224 e. The third-order valence-corrected chi connectivity index (χ3v) is 5.90. The van der Waals surface area contributed by atoms with Gasteiger partial charge in [-0.3, -0.25) is 4.79 Å². The van der Waals surface area contributed by atoms with Gasteiger partial charge < -0.3 is 15.5 Å². The lowest BCUT2D eigenvalue weighted by Gasteiger charge is -2.43. The SMILES string of the molecule is CC1CCc2ccccc2N1CCC(=O)N1CCC(N)C(C)(C)C1. The molecule has 1 aromatic carbocycles. The predicted octanol–water partition coefficient (Wildman–Crippen LogP) is 2.80. The molecule has 0 radical (unpaired) electrons. The number of rotatable bonds is 3. The summed E-state index contributed by atoms with van der Waals surface area (Å²) >= 11 is 0. The highest BCUT2D eigenvalue weighted by atomic mass is 16.2. The minimum absolute atomic E-state index is 0.0128. The summed E-state index contributed by atoms with van der Waals surface area (Å²) in [5.41, 5.74) is 8.92. The first kappa shape index (κ1) is 17.3. The van der Waals surface area contributed by atoms with Crippen molar-refractivity contribution < 1.29 is 4.79 Å². The number of anilines is 1. The molecule has 2 aliphatic heterocycles. The molecular weight excluding hydrogens is 298 g/mol. The highest BCUT2D eigenvalue weighted by Crippen LogP contribution is 2.31. The first-order chi connectivity index (χ1) is 11.4. The van der Waals surface area contributed by atoms with Crippen LogP contribution >= 0.6 is 0 Å². The van der Waals surface area contributed by atoms with Crippen LogP contribution < -0.4 is 10.6 Å². The number of carbonyl (C=O) groups is 1. The molecule has 4 nitrogen and oxygen atoms in total. The van der Waals surface area contributed by atoms with Crippen molar-refractivity contribution in [1.29, 1.82) is 0 Å². The van der Waals surface area contributed by atoms with Gasteiger partial charge in [0.15, 0.2) is 0 Å². The Morgan fingerprint density at radius 1 is 1.29 bits per heavy atom. The van der Waals surface area contributed by atoms with Gasteiger partial charge in [0.25, 0.3) is 0 Å². The van der Waals surface area contributed by atoms with Gasteiger partial charge in [-0.2, -0.15) is 0 Å². The van der Waals surface area contributed by atoms with Gasteiger partial charge in [0.2, 0.25) is 5.91 Å². The maximum Gasteiger partial charge on any atom is 0.224 e. The van der Waals surface area contributed by atoms with E-state index in [1.165, 1.54) is 11.3 Å². The molecule has 24 heavy (non-hydrogen) atoms. The molecule has 1 aromatic rings. The second-order valence-electron chi connectivity index (χ2n) is 8.16. The first-order valence-corrected chi connectivity index (χ1v) is 9.26. The van der Waals surface area contributed by atoms with Gasteiger partial charge in [0, 0.05) is 43.8 Å². The number of amides is 1.